The van der Waals surface area contributed by atoms with Gasteiger partial charge in [0.25, 0.3) is 0 Å². The van der Waals surface area contributed by atoms with Gasteiger partial charge < -0.3 is 24.4 Å². The van der Waals surface area contributed by atoms with Gasteiger partial charge in [0.2, 0.25) is 11.8 Å². The maximum absolute atomic E-state index is 13.3. The van der Waals surface area contributed by atoms with Crippen molar-refractivity contribution in [1.82, 2.24) is 4.90 Å². The summed E-state index contributed by atoms with van der Waals surface area (Å²) in [6.45, 7) is 3.92. The van der Waals surface area contributed by atoms with E-state index in [-0.39, 0.29) is 24.3 Å². The lowest BCUT2D eigenvalue weighted by molar-refractivity contribution is -0.129. The van der Waals surface area contributed by atoms with Crippen molar-refractivity contribution in [2.24, 2.45) is 5.92 Å². The molecule has 2 aliphatic heterocycles. The fourth-order valence-corrected chi connectivity index (χ4v) is 4.31. The first kappa shape index (κ1) is 22.0. The van der Waals surface area contributed by atoms with Crippen LogP contribution >= 0.6 is 0 Å². The van der Waals surface area contributed by atoms with Gasteiger partial charge >= 0.3 is 0 Å². The molecular weight excluding hydrogens is 408 g/mol. The number of ether oxygens (including phenoxy) is 3. The molecule has 0 spiro atoms. The SMILES string of the molecule is CCCCN1C(=O)C[C@H](C(=O)Nc2ccc3c(c2)OCCCO3)[C@@H]1c1ccc(OC)cc1. The Morgan fingerprint density at radius 2 is 1.88 bits per heavy atom. The molecule has 4 rings (SSSR count). The van der Waals surface area contributed by atoms with Gasteiger partial charge in [-0.2, -0.15) is 0 Å². The van der Waals surface area contributed by atoms with E-state index in [1.54, 1.807) is 19.2 Å². The fraction of sp³-hybridized carbons (Fsp3) is 0.440. The molecule has 1 saturated heterocycles. The second-order valence-electron chi connectivity index (χ2n) is 8.17. The third-order valence-corrected chi connectivity index (χ3v) is 5.99. The van der Waals surface area contributed by atoms with Crippen LogP contribution in [0, 0.1) is 5.92 Å². The largest absolute Gasteiger partial charge is 0.497 e. The van der Waals surface area contributed by atoms with Crippen LogP contribution in [0.1, 0.15) is 44.2 Å². The molecule has 7 heteroatoms. The molecule has 0 radical (unpaired) electrons. The second-order valence-corrected chi connectivity index (χ2v) is 8.17. The molecule has 0 aliphatic carbocycles. The molecule has 32 heavy (non-hydrogen) atoms. The van der Waals surface area contributed by atoms with E-state index in [1.807, 2.05) is 35.2 Å². The van der Waals surface area contributed by atoms with Crippen LogP contribution in [0.3, 0.4) is 0 Å². The molecular formula is C25H30N2O5. The first-order chi connectivity index (χ1) is 15.6. The monoisotopic (exact) mass is 438 g/mol. The van der Waals surface area contributed by atoms with Crippen molar-refractivity contribution in [3.63, 3.8) is 0 Å². The molecule has 170 valence electrons. The highest BCUT2D eigenvalue weighted by molar-refractivity contribution is 5.98. The quantitative estimate of drug-likeness (QED) is 0.702. The molecule has 0 aromatic heterocycles. The minimum atomic E-state index is -0.483. The molecule has 7 nitrogen and oxygen atoms in total. The smallest absolute Gasteiger partial charge is 0.230 e. The predicted octanol–water partition coefficient (Wildman–Crippen LogP) is 4.18. The summed E-state index contributed by atoms with van der Waals surface area (Å²) in [7, 11) is 1.62. The van der Waals surface area contributed by atoms with Crippen LogP contribution in [-0.2, 0) is 9.59 Å². The summed E-state index contributed by atoms with van der Waals surface area (Å²) in [5, 5.41) is 3.00. The van der Waals surface area contributed by atoms with Crippen LogP contribution < -0.4 is 19.5 Å². The maximum atomic E-state index is 13.3. The van der Waals surface area contributed by atoms with Crippen LogP contribution in [0.2, 0.25) is 0 Å². The molecule has 2 amide bonds. The van der Waals surface area contributed by atoms with Crippen molar-refractivity contribution in [3.05, 3.63) is 48.0 Å². The molecule has 2 atom stereocenters. The first-order valence-corrected chi connectivity index (χ1v) is 11.2. The van der Waals surface area contributed by atoms with Crippen LogP contribution in [-0.4, -0.2) is 43.6 Å². The second kappa shape index (κ2) is 9.94. The van der Waals surface area contributed by atoms with Gasteiger partial charge in [-0.1, -0.05) is 25.5 Å². The Morgan fingerprint density at radius 3 is 2.59 bits per heavy atom. The number of nitrogens with one attached hydrogen (secondary N) is 1. The standard InChI is InChI=1S/C25H30N2O5/c1-3-4-12-27-23(28)16-20(24(27)17-6-9-19(30-2)10-7-17)25(29)26-18-8-11-21-22(15-18)32-14-5-13-31-21/h6-11,15,20,24H,3-5,12-14,16H2,1-2H3,(H,26,29)/t20-,24-/m0/s1. The summed E-state index contributed by atoms with van der Waals surface area (Å²) in [6.07, 6.45) is 2.89. The summed E-state index contributed by atoms with van der Waals surface area (Å²) in [6, 6.07) is 12.7. The highest BCUT2D eigenvalue weighted by atomic mass is 16.5. The number of hydrogen-bond donors (Lipinski definition) is 1. The van der Waals surface area contributed by atoms with Crippen molar-refractivity contribution in [3.8, 4) is 17.2 Å². The number of methoxy groups -OCH3 is 1. The van der Waals surface area contributed by atoms with E-state index >= 15 is 0 Å². The number of fused-ring (bicyclic) bond motifs is 1. The number of carbonyl (C=O) groups is 2. The Bertz CT molecular complexity index is 959. The van der Waals surface area contributed by atoms with E-state index in [4.69, 9.17) is 14.2 Å². The Kier molecular flexibility index (Phi) is 6.83. The zero-order valence-corrected chi connectivity index (χ0v) is 18.6. The maximum Gasteiger partial charge on any atom is 0.230 e. The first-order valence-electron chi connectivity index (χ1n) is 11.2. The number of benzene rings is 2. The molecule has 2 aliphatic rings. The van der Waals surface area contributed by atoms with E-state index in [9.17, 15) is 9.59 Å². The summed E-state index contributed by atoms with van der Waals surface area (Å²) >= 11 is 0. The van der Waals surface area contributed by atoms with Gasteiger partial charge in [-0.25, -0.2) is 0 Å². The van der Waals surface area contributed by atoms with Gasteiger partial charge in [-0.05, 0) is 36.2 Å². The number of rotatable bonds is 7. The molecule has 0 bridgehead atoms. The van der Waals surface area contributed by atoms with Gasteiger partial charge in [0.1, 0.15) is 5.75 Å². The van der Waals surface area contributed by atoms with Crippen LogP contribution in [0.25, 0.3) is 0 Å². The van der Waals surface area contributed by atoms with Gasteiger partial charge in [-0.15, -0.1) is 0 Å². The van der Waals surface area contributed by atoms with E-state index in [0.717, 1.165) is 30.6 Å². The zero-order valence-electron chi connectivity index (χ0n) is 18.6. The molecule has 2 aromatic rings. The van der Waals surface area contributed by atoms with E-state index < -0.39 is 5.92 Å². The van der Waals surface area contributed by atoms with E-state index in [1.165, 1.54) is 0 Å². The summed E-state index contributed by atoms with van der Waals surface area (Å²) < 4.78 is 16.7. The fourth-order valence-electron chi connectivity index (χ4n) is 4.31. The topological polar surface area (TPSA) is 77.1 Å². The number of carbonyl (C=O) groups excluding carboxylic acids is 2. The van der Waals surface area contributed by atoms with Crippen LogP contribution in [0.15, 0.2) is 42.5 Å². The summed E-state index contributed by atoms with van der Waals surface area (Å²) in [5.41, 5.74) is 1.57. The summed E-state index contributed by atoms with van der Waals surface area (Å²) in [5.74, 6) is 1.40. The highest BCUT2D eigenvalue weighted by Gasteiger charge is 2.44. The van der Waals surface area contributed by atoms with Crippen molar-refractivity contribution < 1.29 is 23.8 Å². The Morgan fingerprint density at radius 1 is 1.12 bits per heavy atom. The van der Waals surface area contributed by atoms with Crippen LogP contribution in [0.5, 0.6) is 17.2 Å². The zero-order chi connectivity index (χ0) is 22.5. The number of amides is 2. The molecule has 2 heterocycles. The predicted molar refractivity (Wildman–Crippen MR) is 121 cm³/mol. The van der Waals surface area contributed by atoms with Crippen molar-refractivity contribution in [1.29, 1.82) is 0 Å². The normalized spacial score (nSPS) is 20.1. The lowest BCUT2D eigenvalue weighted by Crippen LogP contribution is -2.33. The average Bonchev–Trinajstić information content (AvgIpc) is 2.97. The van der Waals surface area contributed by atoms with Crippen molar-refractivity contribution in [2.45, 2.75) is 38.6 Å². The lowest BCUT2D eigenvalue weighted by Gasteiger charge is -2.28. The third kappa shape index (κ3) is 4.66. The average molecular weight is 439 g/mol. The van der Waals surface area contributed by atoms with Crippen molar-refractivity contribution >= 4 is 17.5 Å². The summed E-state index contributed by atoms with van der Waals surface area (Å²) in [4.78, 5) is 28.1. The molecule has 1 N–H and O–H groups in total. The van der Waals surface area contributed by atoms with Gasteiger partial charge in [0, 0.05) is 31.1 Å². The van der Waals surface area contributed by atoms with Gasteiger partial charge in [0.05, 0.1) is 32.3 Å². The molecule has 0 unspecified atom stereocenters. The van der Waals surface area contributed by atoms with E-state index in [0.29, 0.717) is 36.9 Å². The molecule has 0 saturated carbocycles. The lowest BCUT2D eigenvalue weighted by atomic mass is 9.92. The number of unbranched alkanes of at least 4 members (excludes halogenated alkanes) is 1. The number of likely N-dealkylation sites (tertiary alicyclic amines) is 1. The Hall–Kier alpha value is -3.22. The number of hydrogen-bond acceptors (Lipinski definition) is 5. The van der Waals surface area contributed by atoms with Crippen LogP contribution in [0.4, 0.5) is 5.69 Å². The minimum absolute atomic E-state index is 0.0121. The van der Waals surface area contributed by atoms with Crippen molar-refractivity contribution in [2.75, 3.05) is 32.2 Å². The molecule has 1 fully saturated rings. The Balaban J connectivity index is 1.57. The molecule has 2 aromatic carbocycles. The minimum Gasteiger partial charge on any atom is -0.497 e. The third-order valence-electron chi connectivity index (χ3n) is 5.99. The number of anilines is 1. The van der Waals surface area contributed by atoms with E-state index in [2.05, 4.69) is 12.2 Å². The number of nitrogens with zero attached hydrogens (tertiary/aromatic N) is 1. The van der Waals surface area contributed by atoms with Gasteiger partial charge in [0.15, 0.2) is 11.5 Å². The Labute approximate surface area is 188 Å². The highest BCUT2D eigenvalue weighted by Crippen LogP contribution is 2.40. The van der Waals surface area contributed by atoms with Gasteiger partial charge in [-0.3, -0.25) is 9.59 Å².